The molecule has 0 heterocycles. The van der Waals surface area contributed by atoms with E-state index in [9.17, 15) is 15.3 Å². The smallest absolute Gasteiger partial charge is 0.128 e. The van der Waals surface area contributed by atoms with Gasteiger partial charge in [0.05, 0.1) is 6.04 Å². The van der Waals surface area contributed by atoms with Crippen LogP contribution >= 0.6 is 0 Å². The molecule has 4 nitrogen and oxygen atoms in total. The van der Waals surface area contributed by atoms with E-state index in [0.717, 1.165) is 18.4 Å². The lowest BCUT2D eigenvalue weighted by Crippen LogP contribution is -2.90. The van der Waals surface area contributed by atoms with Crippen LogP contribution in [0, 0.1) is 0 Å². The van der Waals surface area contributed by atoms with E-state index in [-0.39, 0.29) is 5.75 Å². The molecule has 0 bridgehead atoms. The zero-order chi connectivity index (χ0) is 15.9. The topological polar surface area (TPSA) is 77.3 Å². The lowest BCUT2D eigenvalue weighted by Gasteiger charge is -2.14. The summed E-state index contributed by atoms with van der Waals surface area (Å²) in [6.07, 6.45) is 1.43. The van der Waals surface area contributed by atoms with Gasteiger partial charge >= 0.3 is 0 Å². The summed E-state index contributed by atoms with van der Waals surface area (Å²) in [5.41, 5.74) is 2.02. The van der Waals surface area contributed by atoms with E-state index in [0.29, 0.717) is 18.3 Å². The van der Waals surface area contributed by atoms with Gasteiger partial charge in [-0.3, -0.25) is 0 Å². The predicted molar refractivity (Wildman–Crippen MR) is 85.7 cm³/mol. The number of hydrogen-bond donors (Lipinski definition) is 4. The van der Waals surface area contributed by atoms with Gasteiger partial charge in [0.25, 0.3) is 0 Å². The zero-order valence-electron chi connectivity index (χ0n) is 12.8. The lowest BCUT2D eigenvalue weighted by molar-refractivity contribution is -0.693. The number of quaternary nitrogens is 1. The van der Waals surface area contributed by atoms with Crippen molar-refractivity contribution in [2.75, 3.05) is 6.54 Å². The number of aromatic hydroxyl groups is 2. The maximum absolute atomic E-state index is 10.1. The summed E-state index contributed by atoms with van der Waals surface area (Å²) in [6, 6.07) is 14.4. The van der Waals surface area contributed by atoms with E-state index >= 15 is 0 Å². The minimum Gasteiger partial charge on any atom is -0.508 e. The van der Waals surface area contributed by atoms with Gasteiger partial charge in [0.2, 0.25) is 0 Å². The second kappa shape index (κ2) is 7.82. The van der Waals surface area contributed by atoms with E-state index in [1.54, 1.807) is 36.4 Å². The van der Waals surface area contributed by atoms with Crippen LogP contribution in [0.5, 0.6) is 11.5 Å². The van der Waals surface area contributed by atoms with E-state index in [1.165, 1.54) is 5.56 Å². The van der Waals surface area contributed by atoms with Crippen molar-refractivity contribution in [1.82, 2.24) is 0 Å². The lowest BCUT2D eigenvalue weighted by atomic mass is 10.1. The minimum atomic E-state index is -0.531. The monoisotopic (exact) mass is 302 g/mol. The number of nitrogens with two attached hydrogens (primary N) is 1. The summed E-state index contributed by atoms with van der Waals surface area (Å²) in [7, 11) is 0. The van der Waals surface area contributed by atoms with Crippen molar-refractivity contribution in [3.05, 3.63) is 59.7 Å². The molecule has 2 rings (SSSR count). The summed E-state index contributed by atoms with van der Waals surface area (Å²) >= 11 is 0. The molecule has 5 N–H and O–H groups in total. The second-order valence-electron chi connectivity index (χ2n) is 5.76. The standard InChI is InChI=1S/C18H23NO3/c1-13(2-3-14-4-8-16(20)9-5-14)19-12-18(22)15-6-10-17(21)11-7-15/h4-11,13,18-22H,2-3,12H2,1H3/p+1/t13-,18-/m0/s1. The van der Waals surface area contributed by atoms with Gasteiger partial charge in [0.15, 0.2) is 0 Å². The Hall–Kier alpha value is -2.04. The molecule has 2 aromatic rings. The summed E-state index contributed by atoms with van der Waals surface area (Å²) in [5.74, 6) is 0.502. The molecule has 0 aliphatic rings. The number of aliphatic hydroxyl groups is 1. The van der Waals surface area contributed by atoms with Gasteiger partial charge in [0, 0.05) is 6.42 Å². The summed E-state index contributed by atoms with van der Waals surface area (Å²) in [6.45, 7) is 2.74. The SMILES string of the molecule is C[C@@H](CCc1ccc(O)cc1)[NH2+]C[C@H](O)c1ccc(O)cc1. The van der Waals surface area contributed by atoms with E-state index in [1.807, 2.05) is 12.1 Å². The molecule has 0 radical (unpaired) electrons. The molecule has 0 saturated heterocycles. The van der Waals surface area contributed by atoms with Gasteiger partial charge in [0.1, 0.15) is 24.1 Å². The third kappa shape index (κ3) is 5.06. The first kappa shape index (κ1) is 16.3. The van der Waals surface area contributed by atoms with Crippen molar-refractivity contribution >= 4 is 0 Å². The number of phenolic OH excluding ortho intramolecular Hbond substituents is 2. The minimum absolute atomic E-state index is 0.210. The first-order valence-electron chi connectivity index (χ1n) is 7.63. The molecule has 2 aromatic carbocycles. The highest BCUT2D eigenvalue weighted by Gasteiger charge is 2.12. The first-order valence-corrected chi connectivity index (χ1v) is 7.63. The highest BCUT2D eigenvalue weighted by Crippen LogP contribution is 2.15. The number of aliphatic hydroxyl groups excluding tert-OH is 1. The molecule has 0 unspecified atom stereocenters. The van der Waals surface area contributed by atoms with Crippen LogP contribution < -0.4 is 5.32 Å². The van der Waals surface area contributed by atoms with Crippen molar-refractivity contribution in [3.63, 3.8) is 0 Å². The normalized spacial score (nSPS) is 13.7. The van der Waals surface area contributed by atoms with Gasteiger partial charge in [-0.25, -0.2) is 0 Å². The van der Waals surface area contributed by atoms with Gasteiger partial charge in [-0.05, 0) is 48.7 Å². The Morgan fingerprint density at radius 3 is 2.05 bits per heavy atom. The number of phenols is 2. The Kier molecular flexibility index (Phi) is 5.81. The van der Waals surface area contributed by atoms with E-state index in [4.69, 9.17) is 0 Å². The van der Waals surface area contributed by atoms with Crippen LogP contribution in [0.25, 0.3) is 0 Å². The number of rotatable bonds is 7. The molecule has 0 saturated carbocycles. The molecule has 0 aromatic heterocycles. The molecular formula is C18H24NO3+. The highest BCUT2D eigenvalue weighted by molar-refractivity contribution is 5.27. The van der Waals surface area contributed by atoms with Crippen LogP contribution in [0.15, 0.2) is 48.5 Å². The highest BCUT2D eigenvalue weighted by atomic mass is 16.3. The Morgan fingerprint density at radius 2 is 1.45 bits per heavy atom. The van der Waals surface area contributed by atoms with Crippen molar-refractivity contribution in [2.24, 2.45) is 0 Å². The number of aryl methyl sites for hydroxylation is 1. The molecular weight excluding hydrogens is 278 g/mol. The Morgan fingerprint density at radius 1 is 0.909 bits per heavy atom. The van der Waals surface area contributed by atoms with Crippen molar-refractivity contribution in [3.8, 4) is 11.5 Å². The molecule has 0 amide bonds. The summed E-state index contributed by atoms with van der Waals surface area (Å²) in [4.78, 5) is 0. The maximum Gasteiger partial charge on any atom is 0.128 e. The van der Waals surface area contributed by atoms with Gasteiger partial charge < -0.3 is 20.6 Å². The van der Waals surface area contributed by atoms with Crippen LogP contribution in [0.4, 0.5) is 0 Å². The third-order valence-corrected chi connectivity index (χ3v) is 3.86. The van der Waals surface area contributed by atoms with E-state index < -0.39 is 6.10 Å². The fourth-order valence-electron chi connectivity index (χ4n) is 2.37. The molecule has 118 valence electrons. The van der Waals surface area contributed by atoms with Crippen LogP contribution in [-0.4, -0.2) is 27.9 Å². The Labute approximate surface area is 131 Å². The van der Waals surface area contributed by atoms with Gasteiger partial charge in [-0.15, -0.1) is 0 Å². The maximum atomic E-state index is 10.1. The number of hydrogen-bond acceptors (Lipinski definition) is 3. The summed E-state index contributed by atoms with van der Waals surface area (Å²) in [5, 5.41) is 30.8. The molecule has 22 heavy (non-hydrogen) atoms. The third-order valence-electron chi connectivity index (χ3n) is 3.86. The van der Waals surface area contributed by atoms with Crippen molar-refractivity contribution in [1.29, 1.82) is 0 Å². The molecule has 0 aliphatic heterocycles. The average Bonchev–Trinajstić information content (AvgIpc) is 2.52. The molecule has 2 atom stereocenters. The predicted octanol–water partition coefficient (Wildman–Crippen LogP) is 1.72. The quantitative estimate of drug-likeness (QED) is 0.629. The fraction of sp³-hybridized carbons (Fsp3) is 0.333. The van der Waals surface area contributed by atoms with Crippen molar-refractivity contribution < 1.29 is 20.6 Å². The summed E-state index contributed by atoms with van der Waals surface area (Å²) < 4.78 is 0. The van der Waals surface area contributed by atoms with Crippen LogP contribution in [-0.2, 0) is 6.42 Å². The molecule has 0 aliphatic carbocycles. The molecule has 0 fully saturated rings. The van der Waals surface area contributed by atoms with Crippen LogP contribution in [0.3, 0.4) is 0 Å². The fourth-order valence-corrected chi connectivity index (χ4v) is 2.37. The van der Waals surface area contributed by atoms with E-state index in [2.05, 4.69) is 12.2 Å². The van der Waals surface area contributed by atoms with Gasteiger partial charge in [-0.1, -0.05) is 24.3 Å². The van der Waals surface area contributed by atoms with Crippen LogP contribution in [0.2, 0.25) is 0 Å². The second-order valence-corrected chi connectivity index (χ2v) is 5.76. The molecule has 0 spiro atoms. The Balaban J connectivity index is 1.73. The average molecular weight is 302 g/mol. The Bertz CT molecular complexity index is 566. The molecule has 4 heteroatoms. The van der Waals surface area contributed by atoms with Crippen molar-refractivity contribution in [2.45, 2.75) is 31.9 Å². The first-order chi connectivity index (χ1) is 10.5. The number of benzene rings is 2. The largest absolute Gasteiger partial charge is 0.508 e. The zero-order valence-corrected chi connectivity index (χ0v) is 12.8. The van der Waals surface area contributed by atoms with Crippen LogP contribution in [0.1, 0.15) is 30.6 Å². The van der Waals surface area contributed by atoms with Gasteiger partial charge in [-0.2, -0.15) is 0 Å².